The summed E-state index contributed by atoms with van der Waals surface area (Å²) < 4.78 is 25.8. The van der Waals surface area contributed by atoms with Gasteiger partial charge >= 0.3 is 5.97 Å². The number of nitrogens with zero attached hydrogens (tertiary/aromatic N) is 3. The zero-order valence-electron chi connectivity index (χ0n) is 15.5. The second-order valence-electron chi connectivity index (χ2n) is 7.56. The van der Waals surface area contributed by atoms with Gasteiger partial charge < -0.3 is 23.9 Å². The molecule has 0 amide bonds. The standard InChI is InChI=1S/C18H22N4O6/c1-10(23)25-7-11-13-14(28-18(27-13)5-3-2-4-6-18)17(26-11)22-9-21-12-15(22)19-8-20-16(12)24/h8-9,11,13-14,17H,2-7H2,1H3,(H,19,20,24)/t11-,13-,14-,17-/m1/s1. The number of esters is 1. The summed E-state index contributed by atoms with van der Waals surface area (Å²) in [6, 6.07) is 0. The second-order valence-corrected chi connectivity index (χ2v) is 7.56. The van der Waals surface area contributed by atoms with Crippen LogP contribution in [0.5, 0.6) is 0 Å². The number of nitrogens with one attached hydrogen (secondary N) is 1. The zero-order valence-corrected chi connectivity index (χ0v) is 15.5. The predicted octanol–water partition coefficient (Wildman–Crippen LogP) is 1.02. The van der Waals surface area contributed by atoms with E-state index >= 15 is 0 Å². The fraction of sp³-hybridized carbons (Fsp3) is 0.667. The van der Waals surface area contributed by atoms with E-state index in [2.05, 4.69) is 15.0 Å². The summed E-state index contributed by atoms with van der Waals surface area (Å²) in [7, 11) is 0. The number of aromatic amines is 1. The molecular formula is C18H22N4O6. The summed E-state index contributed by atoms with van der Waals surface area (Å²) in [6.07, 6.45) is 5.95. The SMILES string of the molecule is CC(=O)OC[C@H]1O[C@@H](n2cnc3c(=O)[nH]cnc32)[C@@H]2OC3(CCCCC3)O[C@@H]21. The van der Waals surface area contributed by atoms with Gasteiger partial charge in [-0.1, -0.05) is 6.42 Å². The minimum absolute atomic E-state index is 0.0765. The predicted molar refractivity (Wildman–Crippen MR) is 94.3 cm³/mol. The van der Waals surface area contributed by atoms with Gasteiger partial charge in [0.15, 0.2) is 23.2 Å². The Morgan fingerprint density at radius 1 is 1.29 bits per heavy atom. The van der Waals surface area contributed by atoms with E-state index < -0.39 is 24.2 Å². The number of fused-ring (bicyclic) bond motifs is 2. The van der Waals surface area contributed by atoms with Crippen molar-refractivity contribution in [1.29, 1.82) is 0 Å². The molecule has 0 bridgehead atoms. The summed E-state index contributed by atoms with van der Waals surface area (Å²) in [4.78, 5) is 34.2. The lowest BCUT2D eigenvalue weighted by Gasteiger charge is -2.34. The molecule has 1 spiro atoms. The number of aromatic nitrogens is 4. The molecule has 150 valence electrons. The highest BCUT2D eigenvalue weighted by Gasteiger charge is 2.59. The quantitative estimate of drug-likeness (QED) is 0.772. The number of hydrogen-bond donors (Lipinski definition) is 1. The van der Waals surface area contributed by atoms with Crippen molar-refractivity contribution in [3.8, 4) is 0 Å². The first-order valence-electron chi connectivity index (χ1n) is 9.61. The van der Waals surface area contributed by atoms with Gasteiger partial charge in [-0.3, -0.25) is 14.2 Å². The van der Waals surface area contributed by atoms with Gasteiger partial charge in [0.1, 0.15) is 24.9 Å². The van der Waals surface area contributed by atoms with Gasteiger partial charge in [-0.05, 0) is 12.8 Å². The average Bonchev–Trinajstić information content (AvgIpc) is 3.34. The van der Waals surface area contributed by atoms with Crippen molar-refractivity contribution < 1.29 is 23.7 Å². The van der Waals surface area contributed by atoms with Crippen LogP contribution in [-0.2, 0) is 23.7 Å². The van der Waals surface area contributed by atoms with Gasteiger partial charge in [0.25, 0.3) is 5.56 Å². The third kappa shape index (κ3) is 2.83. The number of imidazole rings is 1. The molecule has 4 atom stereocenters. The van der Waals surface area contributed by atoms with E-state index in [-0.39, 0.29) is 29.8 Å². The molecule has 0 unspecified atom stereocenters. The van der Waals surface area contributed by atoms with E-state index in [1.807, 2.05) is 0 Å². The summed E-state index contributed by atoms with van der Waals surface area (Å²) in [5.41, 5.74) is 0.327. The minimum Gasteiger partial charge on any atom is -0.463 e. The number of ether oxygens (including phenoxy) is 4. The van der Waals surface area contributed by atoms with E-state index in [9.17, 15) is 9.59 Å². The number of hydrogen-bond acceptors (Lipinski definition) is 8. The first-order valence-corrected chi connectivity index (χ1v) is 9.61. The number of H-pyrrole nitrogens is 1. The molecule has 4 heterocycles. The molecule has 28 heavy (non-hydrogen) atoms. The van der Waals surface area contributed by atoms with E-state index in [4.69, 9.17) is 18.9 Å². The van der Waals surface area contributed by atoms with Crippen LogP contribution >= 0.6 is 0 Å². The third-order valence-corrected chi connectivity index (χ3v) is 5.69. The van der Waals surface area contributed by atoms with Crippen LogP contribution in [0, 0.1) is 0 Å². The topological polar surface area (TPSA) is 118 Å². The van der Waals surface area contributed by atoms with Gasteiger partial charge in [0.2, 0.25) is 0 Å². The van der Waals surface area contributed by atoms with Gasteiger partial charge in [-0.15, -0.1) is 0 Å². The van der Waals surface area contributed by atoms with Crippen molar-refractivity contribution in [2.24, 2.45) is 0 Å². The average molecular weight is 390 g/mol. The van der Waals surface area contributed by atoms with Crippen molar-refractivity contribution in [2.75, 3.05) is 6.61 Å². The Balaban J connectivity index is 1.49. The Labute approximate surface area is 160 Å². The Kier molecular flexibility index (Phi) is 4.22. The number of carbonyl (C=O) groups is 1. The number of carbonyl (C=O) groups excluding carboxylic acids is 1. The Morgan fingerprint density at radius 3 is 2.86 bits per heavy atom. The Hall–Kier alpha value is -2.30. The first kappa shape index (κ1) is 17.8. The van der Waals surface area contributed by atoms with Crippen molar-refractivity contribution in [1.82, 2.24) is 19.5 Å². The maximum atomic E-state index is 12.0. The fourth-order valence-electron chi connectivity index (χ4n) is 4.43. The normalized spacial score (nSPS) is 31.3. The van der Waals surface area contributed by atoms with Crippen LogP contribution in [0.4, 0.5) is 0 Å². The summed E-state index contributed by atoms with van der Waals surface area (Å²) >= 11 is 0. The molecule has 2 aromatic rings. The Bertz CT molecular complexity index is 949. The van der Waals surface area contributed by atoms with Crippen molar-refractivity contribution >= 4 is 17.1 Å². The maximum absolute atomic E-state index is 12.0. The molecule has 3 fully saturated rings. The molecule has 1 saturated carbocycles. The van der Waals surface area contributed by atoms with Crippen LogP contribution < -0.4 is 5.56 Å². The monoisotopic (exact) mass is 390 g/mol. The molecule has 1 N–H and O–H groups in total. The first-order chi connectivity index (χ1) is 13.6. The van der Waals surface area contributed by atoms with Gasteiger partial charge in [0.05, 0.1) is 12.7 Å². The van der Waals surface area contributed by atoms with E-state index in [1.54, 1.807) is 4.57 Å². The van der Waals surface area contributed by atoms with Crippen molar-refractivity contribution in [2.45, 2.75) is 69.4 Å². The lowest BCUT2D eigenvalue weighted by molar-refractivity contribution is -0.233. The molecule has 2 aliphatic heterocycles. The molecule has 2 aromatic heterocycles. The molecule has 0 radical (unpaired) electrons. The summed E-state index contributed by atoms with van der Waals surface area (Å²) in [5.74, 6) is -0.998. The van der Waals surface area contributed by atoms with Crippen LogP contribution in [0.15, 0.2) is 17.4 Å². The zero-order chi connectivity index (χ0) is 19.3. The van der Waals surface area contributed by atoms with Crippen LogP contribution in [-0.4, -0.2) is 56.2 Å². The molecule has 10 heteroatoms. The fourth-order valence-corrected chi connectivity index (χ4v) is 4.43. The summed E-state index contributed by atoms with van der Waals surface area (Å²) in [5, 5.41) is 0. The third-order valence-electron chi connectivity index (χ3n) is 5.69. The lowest BCUT2D eigenvalue weighted by atomic mass is 9.94. The van der Waals surface area contributed by atoms with Crippen LogP contribution in [0.25, 0.3) is 11.2 Å². The van der Waals surface area contributed by atoms with Crippen molar-refractivity contribution in [3.63, 3.8) is 0 Å². The Morgan fingerprint density at radius 2 is 2.07 bits per heavy atom. The molecule has 10 nitrogen and oxygen atoms in total. The van der Waals surface area contributed by atoms with Gasteiger partial charge in [-0.25, -0.2) is 9.97 Å². The smallest absolute Gasteiger partial charge is 0.302 e. The van der Waals surface area contributed by atoms with Crippen LogP contribution in [0.3, 0.4) is 0 Å². The highest BCUT2D eigenvalue weighted by molar-refractivity contribution is 5.69. The molecule has 5 rings (SSSR count). The molecule has 3 aliphatic rings. The maximum Gasteiger partial charge on any atom is 0.302 e. The van der Waals surface area contributed by atoms with E-state index in [0.717, 1.165) is 25.7 Å². The van der Waals surface area contributed by atoms with Crippen LogP contribution in [0.1, 0.15) is 45.3 Å². The number of rotatable bonds is 3. The van der Waals surface area contributed by atoms with E-state index in [0.29, 0.717) is 5.65 Å². The highest BCUT2D eigenvalue weighted by atomic mass is 16.8. The summed E-state index contributed by atoms with van der Waals surface area (Å²) in [6.45, 7) is 1.44. The van der Waals surface area contributed by atoms with Gasteiger partial charge in [-0.2, -0.15) is 0 Å². The second kappa shape index (κ2) is 6.64. The highest BCUT2D eigenvalue weighted by Crippen LogP contribution is 2.48. The molecule has 0 aromatic carbocycles. The lowest BCUT2D eigenvalue weighted by Crippen LogP contribution is -2.37. The van der Waals surface area contributed by atoms with Gasteiger partial charge in [0, 0.05) is 19.8 Å². The van der Waals surface area contributed by atoms with E-state index in [1.165, 1.54) is 26.0 Å². The van der Waals surface area contributed by atoms with Crippen molar-refractivity contribution in [3.05, 3.63) is 23.0 Å². The largest absolute Gasteiger partial charge is 0.463 e. The molecular weight excluding hydrogens is 368 g/mol. The minimum atomic E-state index is -0.620. The molecule has 2 saturated heterocycles. The molecule has 1 aliphatic carbocycles. The van der Waals surface area contributed by atoms with Crippen LogP contribution in [0.2, 0.25) is 0 Å².